The van der Waals surface area contributed by atoms with Gasteiger partial charge in [-0.05, 0) is 42.0 Å². The number of carbonyl (C=O) groups excluding carboxylic acids is 2. The predicted octanol–water partition coefficient (Wildman–Crippen LogP) is 2.20. The van der Waals surface area contributed by atoms with E-state index in [1.807, 2.05) is 54.6 Å². The van der Waals surface area contributed by atoms with E-state index < -0.39 is 0 Å². The Hall–Kier alpha value is -2.90. The van der Waals surface area contributed by atoms with Crippen molar-refractivity contribution in [2.45, 2.75) is 25.4 Å². The minimum absolute atomic E-state index is 0.0387. The van der Waals surface area contributed by atoms with Gasteiger partial charge in [0.2, 0.25) is 11.8 Å². The number of hydrogen-bond donors (Lipinski definition) is 2. The van der Waals surface area contributed by atoms with E-state index in [2.05, 4.69) is 20.4 Å². The largest absolute Gasteiger partial charge is 0.497 e. The Labute approximate surface area is 196 Å². The van der Waals surface area contributed by atoms with Crippen LogP contribution in [0.15, 0.2) is 54.6 Å². The summed E-state index contributed by atoms with van der Waals surface area (Å²) in [6.07, 6.45) is 2.31. The topological polar surface area (TPSA) is 73.9 Å². The number of methoxy groups -OCH3 is 1. The third kappa shape index (κ3) is 7.04. The van der Waals surface area contributed by atoms with Crippen molar-refractivity contribution < 1.29 is 14.3 Å². The van der Waals surface area contributed by atoms with Crippen LogP contribution in [0.5, 0.6) is 5.75 Å². The molecule has 1 atom stereocenters. The summed E-state index contributed by atoms with van der Waals surface area (Å²) in [6, 6.07) is 18.0. The lowest BCUT2D eigenvalue weighted by Crippen LogP contribution is -2.51. The lowest BCUT2D eigenvalue weighted by atomic mass is 10.0. The molecule has 0 aromatic heterocycles. The van der Waals surface area contributed by atoms with E-state index >= 15 is 0 Å². The van der Waals surface area contributed by atoms with Crippen LogP contribution in [0.1, 0.15) is 30.0 Å². The van der Waals surface area contributed by atoms with E-state index in [1.165, 1.54) is 0 Å². The van der Waals surface area contributed by atoms with Gasteiger partial charge in [-0.25, -0.2) is 0 Å². The average Bonchev–Trinajstić information content (AvgIpc) is 3.69. The van der Waals surface area contributed by atoms with Gasteiger partial charge in [0.1, 0.15) is 5.75 Å². The number of piperazine rings is 1. The number of hydrogen-bond acceptors (Lipinski definition) is 5. The Morgan fingerprint density at radius 1 is 0.909 bits per heavy atom. The van der Waals surface area contributed by atoms with Crippen LogP contribution in [-0.2, 0) is 16.1 Å². The number of nitrogens with zero attached hydrogens (tertiary/aromatic N) is 2. The molecule has 2 fully saturated rings. The molecular weight excluding hydrogens is 416 g/mol. The van der Waals surface area contributed by atoms with E-state index in [-0.39, 0.29) is 17.9 Å². The zero-order chi connectivity index (χ0) is 23.0. The van der Waals surface area contributed by atoms with Gasteiger partial charge in [-0.15, -0.1) is 0 Å². The van der Waals surface area contributed by atoms with E-state index in [9.17, 15) is 9.59 Å². The fourth-order valence-electron chi connectivity index (χ4n) is 4.30. The van der Waals surface area contributed by atoms with Gasteiger partial charge < -0.3 is 15.4 Å². The zero-order valence-electron chi connectivity index (χ0n) is 19.3. The summed E-state index contributed by atoms with van der Waals surface area (Å²) in [7, 11) is 1.66. The van der Waals surface area contributed by atoms with Crippen LogP contribution in [0, 0.1) is 5.92 Å². The molecular formula is C26H34N4O3. The van der Waals surface area contributed by atoms with Gasteiger partial charge in [0.25, 0.3) is 0 Å². The minimum Gasteiger partial charge on any atom is -0.497 e. The lowest BCUT2D eigenvalue weighted by Gasteiger charge is -2.34. The molecule has 1 heterocycles. The summed E-state index contributed by atoms with van der Waals surface area (Å²) >= 11 is 0. The van der Waals surface area contributed by atoms with Gasteiger partial charge in [0.15, 0.2) is 0 Å². The number of benzene rings is 2. The van der Waals surface area contributed by atoms with Crippen molar-refractivity contribution in [3.05, 3.63) is 65.7 Å². The van der Waals surface area contributed by atoms with Crippen molar-refractivity contribution >= 4 is 11.8 Å². The molecule has 4 rings (SSSR count). The van der Waals surface area contributed by atoms with Crippen molar-refractivity contribution in [2.24, 2.45) is 5.92 Å². The quantitative estimate of drug-likeness (QED) is 0.581. The van der Waals surface area contributed by atoms with E-state index in [0.29, 0.717) is 25.6 Å². The summed E-state index contributed by atoms with van der Waals surface area (Å²) in [4.78, 5) is 29.4. The van der Waals surface area contributed by atoms with Gasteiger partial charge in [0, 0.05) is 32.7 Å². The van der Waals surface area contributed by atoms with Gasteiger partial charge >= 0.3 is 0 Å². The first kappa shape index (κ1) is 23.3. The monoisotopic (exact) mass is 450 g/mol. The SMILES string of the molecule is COc1ccc(C(NC(=O)CN2CCN(CC(=O)NCc3ccccc3)CC2)C2CC2)cc1. The fourth-order valence-corrected chi connectivity index (χ4v) is 4.30. The molecule has 1 unspecified atom stereocenters. The number of ether oxygens (including phenoxy) is 1. The maximum Gasteiger partial charge on any atom is 0.234 e. The van der Waals surface area contributed by atoms with Crippen molar-refractivity contribution in [3.8, 4) is 5.75 Å². The summed E-state index contributed by atoms with van der Waals surface area (Å²) < 4.78 is 5.25. The highest BCUT2D eigenvalue weighted by atomic mass is 16.5. The van der Waals surface area contributed by atoms with Crippen LogP contribution in [-0.4, -0.2) is 68.0 Å². The Balaban J connectivity index is 1.18. The highest BCUT2D eigenvalue weighted by Crippen LogP contribution is 2.41. The van der Waals surface area contributed by atoms with Crippen LogP contribution < -0.4 is 15.4 Å². The second kappa shape index (κ2) is 11.3. The molecule has 0 spiro atoms. The highest BCUT2D eigenvalue weighted by molar-refractivity contribution is 5.79. The van der Waals surface area contributed by atoms with Crippen LogP contribution >= 0.6 is 0 Å². The first-order valence-corrected chi connectivity index (χ1v) is 11.8. The minimum atomic E-state index is 0.0387. The molecule has 2 aromatic rings. The second-order valence-electron chi connectivity index (χ2n) is 8.97. The molecule has 7 nitrogen and oxygen atoms in total. The Morgan fingerprint density at radius 3 is 2.09 bits per heavy atom. The van der Waals surface area contributed by atoms with Crippen LogP contribution in [0.2, 0.25) is 0 Å². The highest BCUT2D eigenvalue weighted by Gasteiger charge is 2.33. The van der Waals surface area contributed by atoms with Gasteiger partial charge in [-0.2, -0.15) is 0 Å². The van der Waals surface area contributed by atoms with Crippen LogP contribution in [0.3, 0.4) is 0 Å². The maximum atomic E-state index is 12.8. The summed E-state index contributed by atoms with van der Waals surface area (Å²) in [5.74, 6) is 1.45. The molecule has 2 aromatic carbocycles. The van der Waals surface area contributed by atoms with Gasteiger partial charge in [-0.1, -0.05) is 42.5 Å². The standard InChI is InChI=1S/C26H34N4O3/c1-33-23-11-9-22(10-12-23)26(21-7-8-21)28-25(32)19-30-15-13-29(14-16-30)18-24(31)27-17-20-5-3-2-4-6-20/h2-6,9-12,21,26H,7-8,13-19H2,1H3,(H,27,31)(H,28,32). The van der Waals surface area contributed by atoms with Crippen molar-refractivity contribution in [2.75, 3.05) is 46.4 Å². The molecule has 2 N–H and O–H groups in total. The zero-order valence-corrected chi connectivity index (χ0v) is 19.3. The van der Waals surface area contributed by atoms with E-state index in [0.717, 1.165) is 55.9 Å². The lowest BCUT2D eigenvalue weighted by molar-refractivity contribution is -0.125. The summed E-state index contributed by atoms with van der Waals surface area (Å²) in [6.45, 7) is 4.50. The number of nitrogens with one attached hydrogen (secondary N) is 2. The number of rotatable bonds is 10. The molecule has 1 saturated heterocycles. The summed E-state index contributed by atoms with van der Waals surface area (Å²) in [5.41, 5.74) is 2.24. The molecule has 1 saturated carbocycles. The molecule has 1 aliphatic carbocycles. The van der Waals surface area contributed by atoms with Crippen LogP contribution in [0.4, 0.5) is 0 Å². The van der Waals surface area contributed by atoms with Crippen molar-refractivity contribution in [1.82, 2.24) is 20.4 Å². The predicted molar refractivity (Wildman–Crippen MR) is 128 cm³/mol. The smallest absolute Gasteiger partial charge is 0.234 e. The first-order chi connectivity index (χ1) is 16.1. The molecule has 0 radical (unpaired) electrons. The van der Waals surface area contributed by atoms with Crippen molar-refractivity contribution in [1.29, 1.82) is 0 Å². The Morgan fingerprint density at radius 2 is 1.52 bits per heavy atom. The normalized spacial score (nSPS) is 17.8. The fraction of sp³-hybridized carbons (Fsp3) is 0.462. The molecule has 176 valence electrons. The van der Waals surface area contributed by atoms with E-state index in [4.69, 9.17) is 4.74 Å². The molecule has 1 aliphatic heterocycles. The Bertz CT molecular complexity index is 907. The maximum absolute atomic E-state index is 12.8. The first-order valence-electron chi connectivity index (χ1n) is 11.8. The number of amides is 2. The summed E-state index contributed by atoms with van der Waals surface area (Å²) in [5, 5.41) is 6.24. The van der Waals surface area contributed by atoms with Crippen LogP contribution in [0.25, 0.3) is 0 Å². The third-order valence-electron chi connectivity index (χ3n) is 6.42. The molecule has 7 heteroatoms. The second-order valence-corrected chi connectivity index (χ2v) is 8.97. The average molecular weight is 451 g/mol. The third-order valence-corrected chi connectivity index (χ3v) is 6.42. The molecule has 2 aliphatic rings. The molecule has 33 heavy (non-hydrogen) atoms. The van der Waals surface area contributed by atoms with Gasteiger partial charge in [0.05, 0.1) is 26.2 Å². The van der Waals surface area contributed by atoms with Crippen molar-refractivity contribution in [3.63, 3.8) is 0 Å². The molecule has 0 bridgehead atoms. The Kier molecular flexibility index (Phi) is 7.96. The van der Waals surface area contributed by atoms with E-state index in [1.54, 1.807) is 7.11 Å². The molecule has 2 amide bonds. The number of carbonyl (C=O) groups is 2. The van der Waals surface area contributed by atoms with Gasteiger partial charge in [-0.3, -0.25) is 19.4 Å².